The predicted molar refractivity (Wildman–Crippen MR) is 71.2 cm³/mol. The lowest BCUT2D eigenvalue weighted by atomic mass is 10.1. The maximum atomic E-state index is 6.21. The van der Waals surface area contributed by atoms with E-state index < -0.39 is 0 Å². The summed E-state index contributed by atoms with van der Waals surface area (Å²) in [6.45, 7) is 6.22. The smallest absolute Gasteiger partial charge is 0.0860 e. The number of rotatable bonds is 4. The van der Waals surface area contributed by atoms with Gasteiger partial charge in [0.15, 0.2) is 0 Å². The number of aryl methyl sites for hydroxylation is 2. The number of nitrogens with one attached hydrogen (secondary N) is 1. The Kier molecular flexibility index (Phi) is 4.10. The van der Waals surface area contributed by atoms with Crippen LogP contribution in [0.5, 0.6) is 0 Å². The highest BCUT2D eigenvalue weighted by atomic mass is 35.5. The van der Waals surface area contributed by atoms with Gasteiger partial charge in [0.1, 0.15) is 0 Å². The maximum absolute atomic E-state index is 6.21. The lowest BCUT2D eigenvalue weighted by Crippen LogP contribution is -2.22. The van der Waals surface area contributed by atoms with Crippen molar-refractivity contribution < 1.29 is 0 Å². The van der Waals surface area contributed by atoms with Gasteiger partial charge in [-0.2, -0.15) is 5.10 Å². The molecule has 0 aliphatic heterocycles. The Bertz CT molecular complexity index is 386. The summed E-state index contributed by atoms with van der Waals surface area (Å²) in [5.74, 6) is 1.75. The SMILES string of the molecule is Cc1nn(C)c(CNCC2CCC(C)C2)c1Cl. The Balaban J connectivity index is 1.82. The predicted octanol–water partition coefficient (Wildman–Crippen LogP) is 2.91. The molecular formula is C13H22ClN3. The summed E-state index contributed by atoms with van der Waals surface area (Å²) in [6, 6.07) is 0. The van der Waals surface area contributed by atoms with Gasteiger partial charge in [-0.15, -0.1) is 0 Å². The zero-order chi connectivity index (χ0) is 12.4. The van der Waals surface area contributed by atoms with Crippen molar-refractivity contribution in [2.24, 2.45) is 18.9 Å². The van der Waals surface area contributed by atoms with Crippen molar-refractivity contribution in [2.75, 3.05) is 6.54 Å². The molecule has 0 amide bonds. The summed E-state index contributed by atoms with van der Waals surface area (Å²) in [4.78, 5) is 0. The molecule has 0 radical (unpaired) electrons. The molecule has 0 saturated heterocycles. The molecule has 1 aromatic heterocycles. The molecule has 1 aliphatic rings. The minimum absolute atomic E-state index is 0.805. The summed E-state index contributed by atoms with van der Waals surface area (Å²) < 4.78 is 1.88. The van der Waals surface area contributed by atoms with E-state index in [1.54, 1.807) is 0 Å². The second-order valence-electron chi connectivity index (χ2n) is 5.38. The molecule has 2 unspecified atom stereocenters. The first-order valence-electron chi connectivity index (χ1n) is 6.46. The molecule has 0 aromatic carbocycles. The summed E-state index contributed by atoms with van der Waals surface area (Å²) in [6.07, 6.45) is 4.12. The van der Waals surface area contributed by atoms with Crippen molar-refractivity contribution >= 4 is 11.6 Å². The maximum Gasteiger partial charge on any atom is 0.0860 e. The molecule has 0 spiro atoms. The first kappa shape index (κ1) is 12.9. The van der Waals surface area contributed by atoms with Crippen molar-refractivity contribution in [1.29, 1.82) is 0 Å². The summed E-state index contributed by atoms with van der Waals surface area (Å²) in [5, 5.41) is 8.64. The molecule has 0 bridgehead atoms. The largest absolute Gasteiger partial charge is 0.311 e. The van der Waals surface area contributed by atoms with Gasteiger partial charge in [0.25, 0.3) is 0 Å². The second-order valence-corrected chi connectivity index (χ2v) is 5.76. The molecule has 1 aromatic rings. The van der Waals surface area contributed by atoms with Crippen molar-refractivity contribution in [2.45, 2.75) is 39.7 Å². The molecule has 2 atom stereocenters. The standard InChI is InChI=1S/C13H22ClN3/c1-9-4-5-11(6-9)7-15-8-12-13(14)10(2)16-17(12)3/h9,11,15H,4-8H2,1-3H3. The third kappa shape index (κ3) is 3.02. The monoisotopic (exact) mass is 255 g/mol. The molecule has 1 N–H and O–H groups in total. The topological polar surface area (TPSA) is 29.9 Å². The van der Waals surface area contributed by atoms with Crippen LogP contribution in [0, 0.1) is 18.8 Å². The highest BCUT2D eigenvalue weighted by molar-refractivity contribution is 6.31. The van der Waals surface area contributed by atoms with Crippen molar-refractivity contribution in [3.05, 3.63) is 16.4 Å². The summed E-state index contributed by atoms with van der Waals surface area (Å²) in [7, 11) is 1.95. The van der Waals surface area contributed by atoms with Crippen molar-refractivity contribution in [3.63, 3.8) is 0 Å². The molecule has 4 heteroatoms. The van der Waals surface area contributed by atoms with Crippen LogP contribution in [0.1, 0.15) is 37.6 Å². The number of nitrogens with zero attached hydrogens (tertiary/aromatic N) is 2. The molecule has 1 heterocycles. The fourth-order valence-corrected chi connectivity index (χ4v) is 3.00. The number of aromatic nitrogens is 2. The van der Waals surface area contributed by atoms with Crippen LogP contribution in [0.15, 0.2) is 0 Å². The van der Waals surface area contributed by atoms with Gasteiger partial charge < -0.3 is 5.32 Å². The fourth-order valence-electron chi connectivity index (χ4n) is 2.78. The van der Waals surface area contributed by atoms with Gasteiger partial charge in [0.05, 0.1) is 16.4 Å². The Labute approximate surface area is 109 Å². The molecule has 17 heavy (non-hydrogen) atoms. The van der Waals surface area contributed by atoms with E-state index in [-0.39, 0.29) is 0 Å². The van der Waals surface area contributed by atoms with E-state index in [1.807, 2.05) is 18.7 Å². The van der Waals surface area contributed by atoms with Gasteiger partial charge in [-0.1, -0.05) is 24.9 Å². The van der Waals surface area contributed by atoms with Crippen LogP contribution in [0.2, 0.25) is 5.02 Å². The van der Waals surface area contributed by atoms with E-state index in [0.29, 0.717) is 0 Å². The van der Waals surface area contributed by atoms with E-state index in [4.69, 9.17) is 11.6 Å². The van der Waals surface area contributed by atoms with E-state index in [2.05, 4.69) is 17.3 Å². The zero-order valence-corrected chi connectivity index (χ0v) is 11.7. The van der Waals surface area contributed by atoms with Gasteiger partial charge in [0, 0.05) is 13.6 Å². The highest BCUT2D eigenvalue weighted by Crippen LogP contribution is 2.29. The van der Waals surface area contributed by atoms with E-state index in [0.717, 1.165) is 41.3 Å². The average molecular weight is 256 g/mol. The van der Waals surface area contributed by atoms with E-state index in [9.17, 15) is 0 Å². The van der Waals surface area contributed by atoms with Gasteiger partial charge in [-0.25, -0.2) is 0 Å². The first-order chi connectivity index (χ1) is 8.08. The van der Waals surface area contributed by atoms with Crippen molar-refractivity contribution in [3.8, 4) is 0 Å². The first-order valence-corrected chi connectivity index (χ1v) is 6.84. The summed E-state index contributed by atoms with van der Waals surface area (Å²) >= 11 is 6.21. The van der Waals surface area contributed by atoms with Crippen LogP contribution in [-0.4, -0.2) is 16.3 Å². The summed E-state index contributed by atoms with van der Waals surface area (Å²) in [5.41, 5.74) is 2.01. The fraction of sp³-hybridized carbons (Fsp3) is 0.769. The van der Waals surface area contributed by atoms with E-state index in [1.165, 1.54) is 19.3 Å². The molecular weight excluding hydrogens is 234 g/mol. The Hall–Kier alpha value is -0.540. The Morgan fingerprint density at radius 3 is 2.76 bits per heavy atom. The second kappa shape index (κ2) is 5.40. The lowest BCUT2D eigenvalue weighted by molar-refractivity contribution is 0.465. The molecule has 1 saturated carbocycles. The molecule has 3 nitrogen and oxygen atoms in total. The third-order valence-corrected chi connectivity index (χ3v) is 4.28. The van der Waals surface area contributed by atoms with Crippen LogP contribution in [-0.2, 0) is 13.6 Å². The highest BCUT2D eigenvalue weighted by Gasteiger charge is 2.21. The minimum atomic E-state index is 0.805. The van der Waals surface area contributed by atoms with Crippen LogP contribution in [0.4, 0.5) is 0 Å². The van der Waals surface area contributed by atoms with Gasteiger partial charge in [-0.05, 0) is 38.1 Å². The van der Waals surface area contributed by atoms with Crippen LogP contribution in [0.25, 0.3) is 0 Å². The Morgan fingerprint density at radius 1 is 1.47 bits per heavy atom. The number of halogens is 1. The lowest BCUT2D eigenvalue weighted by Gasteiger charge is -2.11. The quantitative estimate of drug-likeness (QED) is 0.897. The molecule has 1 fully saturated rings. The van der Waals surface area contributed by atoms with Crippen LogP contribution < -0.4 is 5.32 Å². The average Bonchev–Trinajstić information content (AvgIpc) is 2.78. The van der Waals surface area contributed by atoms with Gasteiger partial charge in [-0.3, -0.25) is 4.68 Å². The Morgan fingerprint density at radius 2 is 2.24 bits per heavy atom. The van der Waals surface area contributed by atoms with Crippen LogP contribution in [0.3, 0.4) is 0 Å². The number of hydrogen-bond donors (Lipinski definition) is 1. The molecule has 96 valence electrons. The number of hydrogen-bond acceptors (Lipinski definition) is 2. The third-order valence-electron chi connectivity index (χ3n) is 3.79. The normalized spacial score (nSPS) is 24.5. The van der Waals surface area contributed by atoms with Crippen molar-refractivity contribution in [1.82, 2.24) is 15.1 Å². The minimum Gasteiger partial charge on any atom is -0.311 e. The van der Waals surface area contributed by atoms with Crippen LogP contribution >= 0.6 is 11.6 Å². The zero-order valence-electron chi connectivity index (χ0n) is 11.0. The van der Waals surface area contributed by atoms with Gasteiger partial charge >= 0.3 is 0 Å². The molecule has 1 aliphatic carbocycles. The van der Waals surface area contributed by atoms with E-state index >= 15 is 0 Å². The molecule has 2 rings (SSSR count). The van der Waals surface area contributed by atoms with Gasteiger partial charge in [0.2, 0.25) is 0 Å².